The number of nitrogens with one attached hydrogen (secondary N) is 2. The number of esters is 1. The lowest BCUT2D eigenvalue weighted by Gasteiger charge is -2.32. The number of amides is 3. The van der Waals surface area contributed by atoms with Gasteiger partial charge in [0.1, 0.15) is 29.4 Å². The highest BCUT2D eigenvalue weighted by atomic mass is 16.7. The van der Waals surface area contributed by atoms with E-state index in [9.17, 15) is 24.3 Å². The first-order valence-electron chi connectivity index (χ1n) is 16.0. The molecule has 1 aromatic heterocycles. The van der Waals surface area contributed by atoms with E-state index in [2.05, 4.69) is 17.6 Å². The summed E-state index contributed by atoms with van der Waals surface area (Å²) in [5.74, 6) is -2.27. The van der Waals surface area contributed by atoms with E-state index >= 15 is 0 Å². The zero-order valence-electron chi connectivity index (χ0n) is 27.5. The number of rotatable bonds is 20. The van der Waals surface area contributed by atoms with Crippen LogP contribution in [0.2, 0.25) is 0 Å². The van der Waals surface area contributed by atoms with Gasteiger partial charge in [-0.1, -0.05) is 63.4 Å². The van der Waals surface area contributed by atoms with Crippen LogP contribution >= 0.6 is 0 Å². The molecule has 1 heterocycles. The molecule has 0 saturated heterocycles. The van der Waals surface area contributed by atoms with Crippen molar-refractivity contribution in [3.8, 4) is 22.8 Å². The zero-order valence-corrected chi connectivity index (χ0v) is 27.5. The molecule has 12 heteroatoms. The zero-order chi connectivity index (χ0) is 34.2. The normalized spacial score (nSPS) is 12.1. The van der Waals surface area contributed by atoms with Crippen LogP contribution in [-0.2, 0) is 25.8 Å². The lowest BCUT2D eigenvalue weighted by molar-refractivity contribution is -0.200. The van der Waals surface area contributed by atoms with Crippen LogP contribution in [0, 0.1) is 5.92 Å². The van der Waals surface area contributed by atoms with Crippen LogP contribution in [-0.4, -0.2) is 60.3 Å². The summed E-state index contributed by atoms with van der Waals surface area (Å²) < 4.78 is 16.3. The minimum atomic E-state index is -0.731. The molecule has 0 radical (unpaired) electrons. The van der Waals surface area contributed by atoms with E-state index in [0.717, 1.165) is 24.8 Å². The van der Waals surface area contributed by atoms with E-state index in [4.69, 9.17) is 18.7 Å². The molecule has 3 N–H and O–H groups in total. The average Bonchev–Trinajstić information content (AvgIpc) is 3.57. The second kappa shape index (κ2) is 19.0. The molecule has 0 spiro atoms. The number of benzene rings is 2. The van der Waals surface area contributed by atoms with E-state index in [1.165, 1.54) is 29.3 Å². The fourth-order valence-corrected chi connectivity index (χ4v) is 5.13. The average molecular weight is 652 g/mol. The Balaban J connectivity index is 1.69. The van der Waals surface area contributed by atoms with Gasteiger partial charge in [-0.05, 0) is 56.5 Å². The Kier molecular flexibility index (Phi) is 14.8. The standard InChI is InChI=1S/C35H45N3O9/c1-5-9-11-16-26(29(6-2)38(23-39)46-21-24-14-12-10-13-15-24)33(41)36-22-37-34(42)31-18-17-30(47-31)27-19-25(44-7-3)20-28(32(27)40)35(43)45-8-4/h10,12-15,17-20,23,26,29,40H,5-9,11,16,21-22H2,1-4H3,(H,36,41)(H,37,42)/t26-,29-/m1/s1. The van der Waals surface area contributed by atoms with Crippen molar-refractivity contribution in [2.75, 3.05) is 19.9 Å². The third-order valence-corrected chi connectivity index (χ3v) is 7.49. The molecule has 0 aliphatic rings. The Hall–Kier alpha value is -4.84. The molecule has 3 aromatic rings. The van der Waals surface area contributed by atoms with Gasteiger partial charge in [0.15, 0.2) is 5.76 Å². The molecule has 0 unspecified atom stereocenters. The largest absolute Gasteiger partial charge is 0.506 e. The monoisotopic (exact) mass is 651 g/mol. The van der Waals surface area contributed by atoms with Gasteiger partial charge >= 0.3 is 5.97 Å². The first-order valence-corrected chi connectivity index (χ1v) is 16.0. The first-order chi connectivity index (χ1) is 22.8. The van der Waals surface area contributed by atoms with Gasteiger partial charge in [-0.2, -0.15) is 0 Å². The number of ether oxygens (including phenoxy) is 2. The molecular weight excluding hydrogens is 606 g/mol. The number of furan rings is 1. The molecule has 0 saturated carbocycles. The third kappa shape index (κ3) is 10.3. The SMILES string of the molecule is CCCCC[C@@H](C(=O)NCNC(=O)c1ccc(-c2cc(OCC)cc(C(=O)OCC)c2O)o1)[C@@H](CC)N(C=O)OCc1ccccc1. The Morgan fingerprint density at radius 1 is 0.979 bits per heavy atom. The van der Waals surface area contributed by atoms with Crippen molar-refractivity contribution < 1.29 is 43.0 Å². The number of hydroxylamine groups is 2. The summed E-state index contributed by atoms with van der Waals surface area (Å²) in [4.78, 5) is 56.7. The summed E-state index contributed by atoms with van der Waals surface area (Å²) in [6, 6.07) is 14.7. The molecule has 47 heavy (non-hydrogen) atoms. The van der Waals surface area contributed by atoms with Crippen LogP contribution in [0.1, 0.15) is 86.3 Å². The van der Waals surface area contributed by atoms with E-state index in [0.29, 0.717) is 31.6 Å². The Labute approximate surface area is 275 Å². The van der Waals surface area contributed by atoms with Gasteiger partial charge < -0.3 is 29.6 Å². The van der Waals surface area contributed by atoms with Gasteiger partial charge in [0.05, 0.1) is 37.4 Å². The number of carbonyl (C=O) groups excluding carboxylic acids is 4. The quantitative estimate of drug-likeness (QED) is 0.0465. The van der Waals surface area contributed by atoms with Crippen LogP contribution in [0.5, 0.6) is 11.5 Å². The highest BCUT2D eigenvalue weighted by molar-refractivity contribution is 5.96. The fourth-order valence-electron chi connectivity index (χ4n) is 5.13. The molecule has 3 amide bonds. The number of phenolic OH excluding ortho intramolecular Hbond substituents is 1. The first kappa shape index (κ1) is 36.6. The molecule has 0 aliphatic carbocycles. The Bertz CT molecular complexity index is 1460. The van der Waals surface area contributed by atoms with Gasteiger partial charge in [-0.25, -0.2) is 9.86 Å². The van der Waals surface area contributed by atoms with E-state index in [1.807, 2.05) is 37.3 Å². The summed E-state index contributed by atoms with van der Waals surface area (Å²) >= 11 is 0. The summed E-state index contributed by atoms with van der Waals surface area (Å²) in [6.45, 7) is 7.80. The minimum absolute atomic E-state index is 0.0829. The molecule has 0 fully saturated rings. The van der Waals surface area contributed by atoms with Crippen molar-refractivity contribution in [3.05, 3.63) is 71.5 Å². The molecule has 2 atom stereocenters. The lowest BCUT2D eigenvalue weighted by Crippen LogP contribution is -2.48. The molecular formula is C35H45N3O9. The predicted octanol–water partition coefficient (Wildman–Crippen LogP) is 5.60. The van der Waals surface area contributed by atoms with Crippen molar-refractivity contribution in [1.29, 1.82) is 0 Å². The summed E-state index contributed by atoms with van der Waals surface area (Å²) in [5.41, 5.74) is 0.929. The second-order valence-corrected chi connectivity index (χ2v) is 10.7. The van der Waals surface area contributed by atoms with Crippen molar-refractivity contribution in [3.63, 3.8) is 0 Å². The van der Waals surface area contributed by atoms with Crippen molar-refractivity contribution >= 4 is 24.2 Å². The maximum absolute atomic E-state index is 13.4. The van der Waals surface area contributed by atoms with Crippen LogP contribution < -0.4 is 15.4 Å². The topological polar surface area (TPSA) is 157 Å². The summed E-state index contributed by atoms with van der Waals surface area (Å²) in [6.07, 6.45) is 4.29. The third-order valence-electron chi connectivity index (χ3n) is 7.49. The molecule has 2 aromatic carbocycles. The number of hydrogen-bond acceptors (Lipinski definition) is 9. The molecule has 3 rings (SSSR count). The van der Waals surface area contributed by atoms with E-state index in [1.54, 1.807) is 13.8 Å². The number of hydrogen-bond donors (Lipinski definition) is 3. The number of aromatic hydroxyl groups is 1. The van der Waals surface area contributed by atoms with Crippen molar-refractivity contribution in [2.24, 2.45) is 5.92 Å². The predicted molar refractivity (Wildman–Crippen MR) is 174 cm³/mol. The van der Waals surface area contributed by atoms with Crippen molar-refractivity contribution in [1.82, 2.24) is 15.7 Å². The van der Waals surface area contributed by atoms with Crippen molar-refractivity contribution in [2.45, 2.75) is 72.4 Å². The van der Waals surface area contributed by atoms with Crippen LogP contribution in [0.25, 0.3) is 11.3 Å². The Morgan fingerprint density at radius 2 is 1.74 bits per heavy atom. The molecule has 0 aliphatic heterocycles. The van der Waals surface area contributed by atoms with Gasteiger partial charge in [-0.3, -0.25) is 19.2 Å². The van der Waals surface area contributed by atoms with Gasteiger partial charge in [0, 0.05) is 0 Å². The smallest absolute Gasteiger partial charge is 0.342 e. The van der Waals surface area contributed by atoms with E-state index in [-0.39, 0.29) is 54.2 Å². The molecule has 254 valence electrons. The molecule has 0 bridgehead atoms. The van der Waals surface area contributed by atoms with Crippen LogP contribution in [0.15, 0.2) is 59.0 Å². The lowest BCUT2D eigenvalue weighted by atomic mass is 9.90. The van der Waals surface area contributed by atoms with Gasteiger partial charge in [0.25, 0.3) is 5.91 Å². The van der Waals surface area contributed by atoms with Crippen LogP contribution in [0.3, 0.4) is 0 Å². The van der Waals surface area contributed by atoms with Crippen LogP contribution in [0.4, 0.5) is 0 Å². The fraction of sp³-hybridized carbons (Fsp3) is 0.429. The summed E-state index contributed by atoms with van der Waals surface area (Å²) in [7, 11) is 0. The highest BCUT2D eigenvalue weighted by Gasteiger charge is 2.32. The number of unbranched alkanes of at least 4 members (excludes halogenated alkanes) is 2. The van der Waals surface area contributed by atoms with Gasteiger partial charge in [-0.15, -0.1) is 0 Å². The van der Waals surface area contributed by atoms with E-state index < -0.39 is 23.8 Å². The summed E-state index contributed by atoms with van der Waals surface area (Å²) in [5, 5.41) is 17.4. The van der Waals surface area contributed by atoms with Gasteiger partial charge in [0.2, 0.25) is 12.3 Å². The maximum atomic E-state index is 13.4. The number of carbonyl (C=O) groups is 4. The maximum Gasteiger partial charge on any atom is 0.342 e. The second-order valence-electron chi connectivity index (χ2n) is 10.7. The molecule has 12 nitrogen and oxygen atoms in total. The number of nitrogens with zero attached hydrogens (tertiary/aromatic N) is 1. The minimum Gasteiger partial charge on any atom is -0.506 e. The highest BCUT2D eigenvalue weighted by Crippen LogP contribution is 2.37. The number of phenols is 1. The Morgan fingerprint density at radius 3 is 2.40 bits per heavy atom.